The standard InChI is InChI=1S/C29H33N7O2/c1-3-7-22(8-4-1)31-27-26-28(36(19-30-26)23-9-5-2-6-10-23)33-29(32-27)35-15-13-34(14-16-35)18-21-11-12-24-25(17-21)38-20-37-24/h1,3-4,7-8,11-12,17,19,23H,2,5-6,9-10,13-16,18,20H2,(H,31,32,33). The van der Waals surface area contributed by atoms with Gasteiger partial charge < -0.3 is 24.3 Å². The fourth-order valence-electron chi connectivity index (χ4n) is 5.82. The zero-order valence-electron chi connectivity index (χ0n) is 21.6. The normalized spacial score (nSPS) is 18.3. The molecule has 0 spiro atoms. The summed E-state index contributed by atoms with van der Waals surface area (Å²) in [6.45, 7) is 4.83. The number of anilines is 3. The van der Waals surface area contributed by atoms with Crippen molar-refractivity contribution in [1.29, 1.82) is 0 Å². The minimum atomic E-state index is 0.308. The number of benzene rings is 2. The van der Waals surface area contributed by atoms with E-state index >= 15 is 0 Å². The fourth-order valence-corrected chi connectivity index (χ4v) is 5.82. The predicted octanol–water partition coefficient (Wildman–Crippen LogP) is 5.13. The van der Waals surface area contributed by atoms with Gasteiger partial charge in [-0.1, -0.05) is 43.5 Å². The molecule has 0 atom stereocenters. The zero-order valence-corrected chi connectivity index (χ0v) is 21.6. The first-order valence-corrected chi connectivity index (χ1v) is 13.7. The summed E-state index contributed by atoms with van der Waals surface area (Å²) >= 11 is 0. The number of piperazine rings is 1. The van der Waals surface area contributed by atoms with E-state index in [1.54, 1.807) is 0 Å². The highest BCUT2D eigenvalue weighted by molar-refractivity contribution is 5.86. The highest BCUT2D eigenvalue weighted by atomic mass is 16.7. The van der Waals surface area contributed by atoms with E-state index < -0.39 is 0 Å². The van der Waals surface area contributed by atoms with Crippen molar-refractivity contribution in [2.75, 3.05) is 43.2 Å². The number of imidazole rings is 1. The molecule has 3 aliphatic rings. The number of ether oxygens (including phenoxy) is 2. The molecule has 196 valence electrons. The van der Waals surface area contributed by atoms with E-state index in [9.17, 15) is 0 Å². The molecule has 0 radical (unpaired) electrons. The van der Waals surface area contributed by atoms with Gasteiger partial charge >= 0.3 is 0 Å². The third kappa shape index (κ3) is 4.62. The Morgan fingerprint density at radius 3 is 2.53 bits per heavy atom. The van der Waals surface area contributed by atoms with Crippen LogP contribution in [0.25, 0.3) is 11.2 Å². The van der Waals surface area contributed by atoms with E-state index in [2.05, 4.69) is 43.9 Å². The van der Waals surface area contributed by atoms with Gasteiger partial charge in [0.1, 0.15) is 0 Å². The average molecular weight is 512 g/mol. The number of hydrogen-bond acceptors (Lipinski definition) is 8. The molecule has 7 rings (SSSR count). The fraction of sp³-hybridized carbons (Fsp3) is 0.414. The molecule has 9 nitrogen and oxygen atoms in total. The van der Waals surface area contributed by atoms with E-state index in [4.69, 9.17) is 24.4 Å². The van der Waals surface area contributed by atoms with Crippen LogP contribution in [0, 0.1) is 0 Å². The maximum absolute atomic E-state index is 5.56. The van der Waals surface area contributed by atoms with Crippen LogP contribution in [-0.4, -0.2) is 57.4 Å². The molecular formula is C29H33N7O2. The highest BCUT2D eigenvalue weighted by Gasteiger charge is 2.25. The van der Waals surface area contributed by atoms with E-state index in [0.29, 0.717) is 12.8 Å². The van der Waals surface area contributed by atoms with Crippen molar-refractivity contribution in [3.8, 4) is 11.5 Å². The van der Waals surface area contributed by atoms with E-state index in [1.807, 2.05) is 30.6 Å². The molecule has 2 aromatic heterocycles. The molecule has 2 fully saturated rings. The molecule has 1 aliphatic carbocycles. The first-order chi connectivity index (χ1) is 18.8. The Balaban J connectivity index is 1.13. The van der Waals surface area contributed by atoms with Crippen LogP contribution in [-0.2, 0) is 6.54 Å². The topological polar surface area (TPSA) is 80.6 Å². The molecule has 1 saturated heterocycles. The van der Waals surface area contributed by atoms with Gasteiger partial charge in [-0.2, -0.15) is 9.97 Å². The van der Waals surface area contributed by atoms with Crippen molar-refractivity contribution >= 4 is 28.6 Å². The summed E-state index contributed by atoms with van der Waals surface area (Å²) in [7, 11) is 0. The summed E-state index contributed by atoms with van der Waals surface area (Å²) < 4.78 is 13.3. The van der Waals surface area contributed by atoms with Crippen LogP contribution >= 0.6 is 0 Å². The van der Waals surface area contributed by atoms with Gasteiger partial charge in [-0.05, 0) is 42.7 Å². The Labute approximate surface area is 222 Å². The molecule has 0 bridgehead atoms. The molecule has 0 unspecified atom stereocenters. The number of hydrogen-bond donors (Lipinski definition) is 1. The molecule has 1 N–H and O–H groups in total. The molecule has 1 saturated carbocycles. The largest absolute Gasteiger partial charge is 0.454 e. The van der Waals surface area contributed by atoms with Crippen LogP contribution in [0.3, 0.4) is 0 Å². The Hall–Kier alpha value is -3.85. The van der Waals surface area contributed by atoms with Crippen molar-refractivity contribution in [1.82, 2.24) is 24.4 Å². The van der Waals surface area contributed by atoms with Crippen LogP contribution < -0.4 is 19.7 Å². The van der Waals surface area contributed by atoms with Gasteiger partial charge in [-0.25, -0.2) is 4.98 Å². The lowest BCUT2D eigenvalue weighted by molar-refractivity contribution is 0.174. The lowest BCUT2D eigenvalue weighted by Crippen LogP contribution is -2.46. The lowest BCUT2D eigenvalue weighted by Gasteiger charge is -2.35. The quantitative estimate of drug-likeness (QED) is 0.382. The first-order valence-electron chi connectivity index (χ1n) is 13.7. The summed E-state index contributed by atoms with van der Waals surface area (Å²) in [5, 5.41) is 3.52. The number of fused-ring (bicyclic) bond motifs is 2. The summed E-state index contributed by atoms with van der Waals surface area (Å²) in [6, 6.07) is 16.9. The monoisotopic (exact) mass is 511 g/mol. The van der Waals surface area contributed by atoms with Crippen molar-refractivity contribution in [2.24, 2.45) is 0 Å². The molecule has 0 amide bonds. The number of nitrogens with zero attached hydrogens (tertiary/aromatic N) is 6. The maximum Gasteiger partial charge on any atom is 0.231 e. The Morgan fingerprint density at radius 2 is 1.68 bits per heavy atom. The summed E-state index contributed by atoms with van der Waals surface area (Å²) in [5.41, 5.74) is 4.01. The summed E-state index contributed by atoms with van der Waals surface area (Å²) in [4.78, 5) is 19.7. The van der Waals surface area contributed by atoms with Crippen molar-refractivity contribution in [3.05, 3.63) is 60.4 Å². The maximum atomic E-state index is 5.56. The second kappa shape index (κ2) is 10.1. The first kappa shape index (κ1) is 23.3. The van der Waals surface area contributed by atoms with Gasteiger partial charge in [-0.15, -0.1) is 0 Å². The number of rotatable bonds is 6. The Bertz CT molecular complexity index is 1410. The van der Waals surface area contributed by atoms with Crippen molar-refractivity contribution in [3.63, 3.8) is 0 Å². The molecular weight excluding hydrogens is 478 g/mol. The molecule has 4 heterocycles. The van der Waals surface area contributed by atoms with Crippen LogP contribution in [0.5, 0.6) is 11.5 Å². The second-order valence-electron chi connectivity index (χ2n) is 10.4. The third-order valence-electron chi connectivity index (χ3n) is 7.91. The van der Waals surface area contributed by atoms with Gasteiger partial charge in [0.15, 0.2) is 28.5 Å². The highest BCUT2D eigenvalue weighted by Crippen LogP contribution is 2.34. The van der Waals surface area contributed by atoms with E-state index in [1.165, 1.54) is 37.7 Å². The molecule has 4 aromatic rings. The molecule has 38 heavy (non-hydrogen) atoms. The molecule has 2 aromatic carbocycles. The number of nitrogens with one attached hydrogen (secondary N) is 1. The van der Waals surface area contributed by atoms with Gasteiger partial charge in [0.2, 0.25) is 12.7 Å². The predicted molar refractivity (Wildman–Crippen MR) is 147 cm³/mol. The van der Waals surface area contributed by atoms with Gasteiger partial charge in [-0.3, -0.25) is 4.90 Å². The van der Waals surface area contributed by atoms with Crippen molar-refractivity contribution in [2.45, 2.75) is 44.7 Å². The number of para-hydroxylation sites is 1. The van der Waals surface area contributed by atoms with Crippen molar-refractivity contribution < 1.29 is 9.47 Å². The van der Waals surface area contributed by atoms with Crippen LogP contribution in [0.15, 0.2) is 54.9 Å². The van der Waals surface area contributed by atoms with Gasteiger partial charge in [0.25, 0.3) is 0 Å². The van der Waals surface area contributed by atoms with Crippen LogP contribution in [0.2, 0.25) is 0 Å². The lowest BCUT2D eigenvalue weighted by atomic mass is 9.95. The van der Waals surface area contributed by atoms with Gasteiger partial charge in [0, 0.05) is 44.5 Å². The minimum absolute atomic E-state index is 0.308. The Kier molecular flexibility index (Phi) is 6.21. The van der Waals surface area contributed by atoms with E-state index in [-0.39, 0.29) is 0 Å². The average Bonchev–Trinajstić information content (AvgIpc) is 3.62. The van der Waals surface area contributed by atoms with Crippen LogP contribution in [0.1, 0.15) is 43.7 Å². The SMILES string of the molecule is c1ccc(Nc2nc(N3CCN(Cc4ccc5c(c4)OCO5)CC3)nc3c2ncn3C2CCCCC2)cc1. The van der Waals surface area contributed by atoms with Crippen LogP contribution in [0.4, 0.5) is 17.5 Å². The molecule has 2 aliphatic heterocycles. The van der Waals surface area contributed by atoms with Gasteiger partial charge in [0.05, 0.1) is 6.33 Å². The summed E-state index contributed by atoms with van der Waals surface area (Å²) in [5.74, 6) is 3.22. The van der Waals surface area contributed by atoms with E-state index in [0.717, 1.165) is 72.8 Å². The zero-order chi connectivity index (χ0) is 25.3. The smallest absolute Gasteiger partial charge is 0.231 e. The number of aromatic nitrogens is 4. The summed E-state index contributed by atoms with van der Waals surface area (Å²) in [6.07, 6.45) is 8.19. The Morgan fingerprint density at radius 1 is 0.868 bits per heavy atom. The second-order valence-corrected chi connectivity index (χ2v) is 10.4. The minimum Gasteiger partial charge on any atom is -0.454 e. The third-order valence-corrected chi connectivity index (χ3v) is 7.91. The molecule has 9 heteroatoms.